The van der Waals surface area contributed by atoms with Crippen molar-refractivity contribution in [1.29, 1.82) is 0 Å². The van der Waals surface area contributed by atoms with Crippen LogP contribution < -0.4 is 21.3 Å². The molecule has 10 heteroatoms. The minimum absolute atomic E-state index is 0.0219. The SMILES string of the molecule is COc1ccc(-c2nc(SCC(=O)Nc3ccc(C)cc3)c3c(=O)n(C)c(=O)n(C)c3n2)cc1. The van der Waals surface area contributed by atoms with Crippen molar-refractivity contribution >= 4 is 34.4 Å². The second-order valence-electron chi connectivity index (χ2n) is 7.69. The van der Waals surface area contributed by atoms with E-state index in [9.17, 15) is 14.4 Å². The molecule has 0 aliphatic carbocycles. The number of aromatic nitrogens is 4. The van der Waals surface area contributed by atoms with Gasteiger partial charge in [0.15, 0.2) is 11.5 Å². The summed E-state index contributed by atoms with van der Waals surface area (Å²) in [5.41, 5.74) is 1.65. The lowest BCUT2D eigenvalue weighted by Gasteiger charge is -2.12. The van der Waals surface area contributed by atoms with Crippen molar-refractivity contribution in [2.24, 2.45) is 14.1 Å². The number of methoxy groups -OCH3 is 1. The molecule has 0 aliphatic rings. The number of ether oxygens (including phenoxy) is 1. The molecule has 0 radical (unpaired) electrons. The normalized spacial score (nSPS) is 10.9. The largest absolute Gasteiger partial charge is 0.497 e. The van der Waals surface area contributed by atoms with Gasteiger partial charge < -0.3 is 10.1 Å². The molecule has 2 aromatic carbocycles. The van der Waals surface area contributed by atoms with Gasteiger partial charge in [0.05, 0.1) is 12.9 Å². The Hall–Kier alpha value is -3.92. The van der Waals surface area contributed by atoms with Crippen LogP contribution in [0.2, 0.25) is 0 Å². The molecule has 34 heavy (non-hydrogen) atoms. The Morgan fingerprint density at radius 2 is 1.68 bits per heavy atom. The van der Waals surface area contributed by atoms with Crippen LogP contribution in [-0.4, -0.2) is 37.9 Å². The summed E-state index contributed by atoms with van der Waals surface area (Å²) in [6, 6.07) is 14.6. The lowest BCUT2D eigenvalue weighted by molar-refractivity contribution is -0.113. The predicted octanol–water partition coefficient (Wildman–Crippen LogP) is 2.74. The van der Waals surface area contributed by atoms with E-state index in [2.05, 4.69) is 15.3 Å². The number of rotatable bonds is 6. The molecule has 0 saturated carbocycles. The first-order valence-electron chi connectivity index (χ1n) is 10.4. The molecular weight excluding hydrogens is 454 g/mol. The molecule has 2 aromatic heterocycles. The summed E-state index contributed by atoms with van der Waals surface area (Å²) in [7, 11) is 4.52. The third-order valence-corrected chi connectivity index (χ3v) is 6.27. The molecule has 1 amide bonds. The van der Waals surface area contributed by atoms with Crippen LogP contribution in [0, 0.1) is 6.92 Å². The van der Waals surface area contributed by atoms with Gasteiger partial charge in [-0.3, -0.25) is 18.7 Å². The van der Waals surface area contributed by atoms with E-state index in [-0.39, 0.29) is 22.7 Å². The molecule has 1 N–H and O–H groups in total. The highest BCUT2D eigenvalue weighted by Crippen LogP contribution is 2.27. The molecule has 4 rings (SSSR count). The highest BCUT2D eigenvalue weighted by molar-refractivity contribution is 8.00. The monoisotopic (exact) mass is 477 g/mol. The van der Waals surface area contributed by atoms with Crippen molar-refractivity contribution in [3.05, 3.63) is 74.9 Å². The molecule has 2 heterocycles. The number of nitrogens with zero attached hydrogens (tertiary/aromatic N) is 4. The number of aryl methyl sites for hydroxylation is 2. The van der Waals surface area contributed by atoms with E-state index in [0.29, 0.717) is 27.9 Å². The van der Waals surface area contributed by atoms with Crippen molar-refractivity contribution in [3.63, 3.8) is 0 Å². The minimum atomic E-state index is -0.513. The van der Waals surface area contributed by atoms with E-state index < -0.39 is 11.2 Å². The number of benzene rings is 2. The van der Waals surface area contributed by atoms with Gasteiger partial charge in [0, 0.05) is 25.3 Å². The third kappa shape index (κ3) is 4.58. The quantitative estimate of drug-likeness (QED) is 0.336. The molecule has 9 nitrogen and oxygen atoms in total. The maximum absolute atomic E-state index is 13.0. The average Bonchev–Trinajstić information content (AvgIpc) is 2.85. The first-order chi connectivity index (χ1) is 16.3. The average molecular weight is 478 g/mol. The van der Waals surface area contributed by atoms with Crippen LogP contribution in [0.4, 0.5) is 5.69 Å². The Labute approximate surface area is 199 Å². The molecule has 0 saturated heterocycles. The molecule has 0 bridgehead atoms. The summed E-state index contributed by atoms with van der Waals surface area (Å²) in [5, 5.41) is 3.35. The molecular formula is C24H23N5O4S. The number of thioether (sulfide) groups is 1. The molecule has 0 unspecified atom stereocenters. The van der Waals surface area contributed by atoms with E-state index in [1.807, 2.05) is 31.2 Å². The van der Waals surface area contributed by atoms with Crippen molar-refractivity contribution < 1.29 is 9.53 Å². The molecule has 4 aromatic rings. The van der Waals surface area contributed by atoms with Crippen LogP contribution in [0.3, 0.4) is 0 Å². The summed E-state index contributed by atoms with van der Waals surface area (Å²) in [4.78, 5) is 47.2. The Morgan fingerprint density at radius 1 is 1.00 bits per heavy atom. The Balaban J connectivity index is 1.75. The smallest absolute Gasteiger partial charge is 0.332 e. The number of hydrogen-bond donors (Lipinski definition) is 1. The second-order valence-corrected chi connectivity index (χ2v) is 8.65. The van der Waals surface area contributed by atoms with Crippen molar-refractivity contribution in [3.8, 4) is 17.1 Å². The van der Waals surface area contributed by atoms with Crippen molar-refractivity contribution in [2.45, 2.75) is 11.9 Å². The fourth-order valence-corrected chi connectivity index (χ4v) is 4.18. The Kier molecular flexibility index (Phi) is 6.51. The number of hydrogen-bond acceptors (Lipinski definition) is 7. The van der Waals surface area contributed by atoms with Crippen LogP contribution in [0.25, 0.3) is 22.4 Å². The van der Waals surface area contributed by atoms with E-state index in [1.165, 1.54) is 11.6 Å². The summed E-state index contributed by atoms with van der Waals surface area (Å²) >= 11 is 1.12. The van der Waals surface area contributed by atoms with Gasteiger partial charge in [-0.25, -0.2) is 14.8 Å². The van der Waals surface area contributed by atoms with Gasteiger partial charge >= 0.3 is 5.69 Å². The van der Waals surface area contributed by atoms with E-state index in [0.717, 1.165) is 21.9 Å². The summed E-state index contributed by atoms with van der Waals surface area (Å²) in [6.45, 7) is 1.97. The third-order valence-electron chi connectivity index (χ3n) is 5.29. The van der Waals surface area contributed by atoms with Gasteiger partial charge in [-0.05, 0) is 43.3 Å². The number of fused-ring (bicyclic) bond motifs is 1. The summed E-state index contributed by atoms with van der Waals surface area (Å²) in [6.07, 6.45) is 0. The maximum atomic E-state index is 13.0. The number of nitrogens with one attached hydrogen (secondary N) is 1. The van der Waals surface area contributed by atoms with Gasteiger partial charge in [0.1, 0.15) is 16.2 Å². The van der Waals surface area contributed by atoms with Gasteiger partial charge in [-0.15, -0.1) is 0 Å². The highest BCUT2D eigenvalue weighted by atomic mass is 32.2. The molecule has 174 valence electrons. The standard InChI is InChI=1S/C24H23N5O4S/c1-14-5-9-16(10-6-14)25-18(30)13-34-22-19-21(28(2)24(32)29(3)23(19)31)26-20(27-22)15-7-11-17(33-4)12-8-15/h5-12H,13H2,1-4H3,(H,25,30). The first kappa shape index (κ1) is 23.2. The van der Waals surface area contributed by atoms with Gasteiger partial charge in [-0.1, -0.05) is 29.5 Å². The van der Waals surface area contributed by atoms with E-state index in [4.69, 9.17) is 4.74 Å². The summed E-state index contributed by atoms with van der Waals surface area (Å²) in [5.74, 6) is 0.787. The number of carbonyl (C=O) groups excluding carboxylic acids is 1. The zero-order valence-corrected chi connectivity index (χ0v) is 20.0. The van der Waals surface area contributed by atoms with Crippen LogP contribution in [0.5, 0.6) is 5.75 Å². The molecule has 0 aliphatic heterocycles. The number of anilines is 1. The fraction of sp³-hybridized carbons (Fsp3) is 0.208. The van der Waals surface area contributed by atoms with Crippen molar-refractivity contribution in [1.82, 2.24) is 19.1 Å². The van der Waals surface area contributed by atoms with Gasteiger partial charge in [0.2, 0.25) is 5.91 Å². The predicted molar refractivity (Wildman–Crippen MR) is 133 cm³/mol. The zero-order valence-electron chi connectivity index (χ0n) is 19.2. The lowest BCUT2D eigenvalue weighted by Crippen LogP contribution is -2.37. The van der Waals surface area contributed by atoms with Crippen LogP contribution in [0.15, 0.2) is 63.1 Å². The van der Waals surface area contributed by atoms with Gasteiger partial charge in [-0.2, -0.15) is 0 Å². The lowest BCUT2D eigenvalue weighted by atomic mass is 10.2. The second kappa shape index (κ2) is 9.52. The van der Waals surface area contributed by atoms with Crippen molar-refractivity contribution in [2.75, 3.05) is 18.2 Å². The number of carbonyl (C=O) groups is 1. The van der Waals surface area contributed by atoms with Crippen LogP contribution >= 0.6 is 11.8 Å². The number of amides is 1. The van der Waals surface area contributed by atoms with E-state index >= 15 is 0 Å². The minimum Gasteiger partial charge on any atom is -0.497 e. The van der Waals surface area contributed by atoms with E-state index in [1.54, 1.807) is 38.4 Å². The fourth-order valence-electron chi connectivity index (χ4n) is 3.37. The maximum Gasteiger partial charge on any atom is 0.332 e. The molecule has 0 spiro atoms. The Bertz CT molecular complexity index is 1490. The molecule has 0 fully saturated rings. The summed E-state index contributed by atoms with van der Waals surface area (Å²) < 4.78 is 7.52. The topological polar surface area (TPSA) is 108 Å². The van der Waals surface area contributed by atoms with Crippen LogP contribution in [0.1, 0.15) is 5.56 Å². The molecule has 0 atom stereocenters. The van der Waals surface area contributed by atoms with Crippen LogP contribution in [-0.2, 0) is 18.9 Å². The first-order valence-corrected chi connectivity index (χ1v) is 11.4. The van der Waals surface area contributed by atoms with Gasteiger partial charge in [0.25, 0.3) is 5.56 Å². The Morgan fingerprint density at radius 3 is 2.32 bits per heavy atom. The highest BCUT2D eigenvalue weighted by Gasteiger charge is 2.19. The zero-order chi connectivity index (χ0) is 24.4.